The van der Waals surface area contributed by atoms with Gasteiger partial charge in [-0.05, 0) is 102 Å². The fourth-order valence-electron chi connectivity index (χ4n) is 7.05. The van der Waals surface area contributed by atoms with Gasteiger partial charge in [0.15, 0.2) is 11.2 Å². The molecule has 0 saturated heterocycles. The molecule has 0 spiro atoms. The van der Waals surface area contributed by atoms with Crippen molar-refractivity contribution in [3.63, 3.8) is 0 Å². The highest BCUT2D eigenvalue weighted by Crippen LogP contribution is 2.48. The smallest absolute Gasteiger partial charge is 0.417 e. The summed E-state index contributed by atoms with van der Waals surface area (Å²) >= 11 is 10.9. The van der Waals surface area contributed by atoms with Crippen molar-refractivity contribution in [2.24, 2.45) is 0 Å². The Labute approximate surface area is 380 Å². The van der Waals surface area contributed by atoms with E-state index >= 15 is 0 Å². The zero-order valence-electron chi connectivity index (χ0n) is 33.9. The molecule has 0 aromatic heterocycles. The number of phenols is 1. The summed E-state index contributed by atoms with van der Waals surface area (Å²) in [6.07, 6.45) is -26.3. The van der Waals surface area contributed by atoms with Gasteiger partial charge in [-0.15, -0.1) is 0 Å². The van der Waals surface area contributed by atoms with Gasteiger partial charge < -0.3 is 20.1 Å². The van der Waals surface area contributed by atoms with Crippen LogP contribution in [0, 0.1) is 23.3 Å². The number of benzene rings is 4. The molecule has 2 atom stereocenters. The Kier molecular flexibility index (Phi) is 19.1. The van der Waals surface area contributed by atoms with E-state index in [2.05, 4.69) is 0 Å². The summed E-state index contributed by atoms with van der Waals surface area (Å²) in [6.45, 7) is 6.59. The van der Waals surface area contributed by atoms with Gasteiger partial charge in [-0.2, -0.15) is 52.7 Å². The number of hydrogen-bond acceptors (Lipinski definition) is 4. The third-order valence-electron chi connectivity index (χ3n) is 10.0. The van der Waals surface area contributed by atoms with E-state index in [1.807, 2.05) is 0 Å². The van der Waals surface area contributed by atoms with Crippen LogP contribution in [0.1, 0.15) is 95.7 Å². The topological polar surface area (TPSA) is 69.9 Å². The van der Waals surface area contributed by atoms with E-state index in [0.29, 0.717) is 0 Å². The van der Waals surface area contributed by atoms with Crippen LogP contribution < -0.4 is 4.74 Å². The van der Waals surface area contributed by atoms with Gasteiger partial charge in [0.1, 0.15) is 34.8 Å². The summed E-state index contributed by atoms with van der Waals surface area (Å²) in [5.41, 5.74) is -16.1. The van der Waals surface area contributed by atoms with E-state index in [1.165, 1.54) is 19.9 Å². The molecular formula is C44H46Cl2F16O4. The fourth-order valence-corrected chi connectivity index (χ4v) is 7.53. The van der Waals surface area contributed by atoms with Gasteiger partial charge in [-0.3, -0.25) is 0 Å². The molecule has 0 heterocycles. The highest BCUT2D eigenvalue weighted by molar-refractivity contribution is 6.31. The second-order valence-corrected chi connectivity index (χ2v) is 16.9. The summed E-state index contributed by atoms with van der Waals surface area (Å²) in [4.78, 5) is 0. The first kappa shape index (κ1) is 59.9. The van der Waals surface area contributed by atoms with Crippen molar-refractivity contribution in [3.8, 4) is 11.5 Å². The minimum absolute atomic E-state index is 0. The van der Waals surface area contributed by atoms with Gasteiger partial charge in [0.2, 0.25) is 0 Å². The average Bonchev–Trinajstić information content (AvgIpc) is 3.11. The van der Waals surface area contributed by atoms with Crippen LogP contribution >= 0.6 is 23.2 Å². The molecule has 2 unspecified atom stereocenters. The Hall–Kier alpha value is -4.14. The number of aliphatic hydroxyl groups is 2. The molecule has 0 fully saturated rings. The molecule has 0 aliphatic rings. The van der Waals surface area contributed by atoms with E-state index in [0.717, 1.165) is 44.2 Å². The standard InChI is InChI=1S/C22H21ClF8O2.C20H17ClF8O2.2CH4/c1-4-33-17-6-5-14(24)9-15(17)19(2,3)11-20(32,22(29,30)31)10-12-7-13(21(26,27)28)8-16(23)18(12)25;1-17(2,13-7-12(22)3-4-15(13)30)9-18(31,20(27,28)29)8-10-5-11(19(24,25)26)6-14(21)16(10)23;;/h5-9,32H,4,10-11H2,1-3H3;3-7,30-31H,8-9H2,1-2H3;2*1H4. The number of rotatable bonds is 12. The first-order chi connectivity index (χ1) is 28.8. The van der Waals surface area contributed by atoms with Gasteiger partial charge in [0, 0.05) is 24.0 Å². The Morgan fingerprint density at radius 2 is 0.879 bits per heavy atom. The molecule has 66 heavy (non-hydrogen) atoms. The van der Waals surface area contributed by atoms with E-state index in [4.69, 9.17) is 27.9 Å². The Balaban J connectivity index is 0.000000642. The minimum atomic E-state index is -5.42. The van der Waals surface area contributed by atoms with Crippen molar-refractivity contribution in [3.05, 3.63) is 127 Å². The van der Waals surface area contributed by atoms with Gasteiger partial charge in [0.05, 0.1) is 27.8 Å². The second-order valence-electron chi connectivity index (χ2n) is 16.1. The minimum Gasteiger partial charge on any atom is -0.508 e. The second kappa shape index (κ2) is 21.0. The molecule has 0 amide bonds. The predicted octanol–water partition coefficient (Wildman–Crippen LogP) is 15.1. The van der Waals surface area contributed by atoms with Gasteiger partial charge in [-0.1, -0.05) is 65.8 Å². The van der Waals surface area contributed by atoms with Crippen LogP contribution in [0.2, 0.25) is 10.0 Å². The molecule has 0 radical (unpaired) electrons. The van der Waals surface area contributed by atoms with Crippen molar-refractivity contribution < 1.29 is 90.3 Å². The predicted molar refractivity (Wildman–Crippen MR) is 217 cm³/mol. The van der Waals surface area contributed by atoms with Crippen molar-refractivity contribution >= 4 is 23.2 Å². The largest absolute Gasteiger partial charge is 0.508 e. The van der Waals surface area contributed by atoms with Crippen LogP contribution in [0.5, 0.6) is 11.5 Å². The maximum atomic E-state index is 14.4. The molecule has 0 aliphatic heterocycles. The SMILES string of the molecule is C.C.CC(C)(CC(O)(Cc1cc(C(F)(F)F)cc(Cl)c1F)C(F)(F)F)c1cc(F)ccc1O.CCOc1ccc(F)cc1C(C)(C)CC(O)(Cc1cc(C(F)(F)F)cc(Cl)c1F)C(F)(F)F. The van der Waals surface area contributed by atoms with Crippen LogP contribution in [-0.2, 0) is 36.0 Å². The average molecular weight is 1010 g/mol. The number of aromatic hydroxyl groups is 1. The zero-order valence-corrected chi connectivity index (χ0v) is 35.4. The quantitative estimate of drug-likeness (QED) is 0.124. The molecule has 4 rings (SSSR count). The molecular weight excluding hydrogens is 967 g/mol. The maximum absolute atomic E-state index is 14.4. The summed E-state index contributed by atoms with van der Waals surface area (Å²) < 4.78 is 223. The van der Waals surface area contributed by atoms with Crippen molar-refractivity contribution in [1.82, 2.24) is 0 Å². The lowest BCUT2D eigenvalue weighted by atomic mass is 9.72. The zero-order chi connectivity index (χ0) is 49.4. The summed E-state index contributed by atoms with van der Waals surface area (Å²) in [6, 6.07) is 6.55. The lowest BCUT2D eigenvalue weighted by molar-refractivity contribution is -0.266. The number of alkyl halides is 12. The normalized spacial score (nSPS) is 14.5. The van der Waals surface area contributed by atoms with Crippen molar-refractivity contribution in [2.75, 3.05) is 6.61 Å². The first-order valence-electron chi connectivity index (χ1n) is 18.4. The van der Waals surface area contributed by atoms with Crippen LogP contribution in [0.4, 0.5) is 70.2 Å². The Morgan fingerprint density at radius 3 is 1.23 bits per heavy atom. The van der Waals surface area contributed by atoms with E-state index in [-0.39, 0.29) is 62.6 Å². The highest BCUT2D eigenvalue weighted by atomic mass is 35.5. The third-order valence-corrected chi connectivity index (χ3v) is 10.6. The lowest BCUT2D eigenvalue weighted by Crippen LogP contribution is -2.51. The molecule has 22 heteroatoms. The molecule has 4 aromatic carbocycles. The highest BCUT2D eigenvalue weighted by Gasteiger charge is 2.58. The molecule has 372 valence electrons. The van der Waals surface area contributed by atoms with Crippen LogP contribution in [0.25, 0.3) is 0 Å². The summed E-state index contributed by atoms with van der Waals surface area (Å²) in [5, 5.41) is 29.0. The van der Waals surface area contributed by atoms with E-state index in [9.17, 15) is 85.6 Å². The first-order valence-corrected chi connectivity index (χ1v) is 19.1. The molecule has 0 aliphatic carbocycles. The fraction of sp³-hybridized carbons (Fsp3) is 0.455. The lowest BCUT2D eigenvalue weighted by Gasteiger charge is -2.38. The molecule has 0 bridgehead atoms. The summed E-state index contributed by atoms with van der Waals surface area (Å²) in [5.74, 6) is -5.17. The Morgan fingerprint density at radius 1 is 0.530 bits per heavy atom. The van der Waals surface area contributed by atoms with Gasteiger partial charge in [0.25, 0.3) is 0 Å². The maximum Gasteiger partial charge on any atom is 0.417 e. The van der Waals surface area contributed by atoms with Crippen molar-refractivity contribution in [1.29, 1.82) is 0 Å². The van der Waals surface area contributed by atoms with E-state index in [1.54, 1.807) is 6.92 Å². The molecule has 0 saturated carbocycles. The van der Waals surface area contributed by atoms with Crippen molar-refractivity contribution in [2.45, 2.75) is 122 Å². The monoisotopic (exact) mass is 1010 g/mol. The number of halogens is 18. The van der Waals surface area contributed by atoms with Gasteiger partial charge in [-0.25, -0.2) is 17.6 Å². The molecule has 4 aromatic rings. The van der Waals surface area contributed by atoms with Crippen LogP contribution in [-0.4, -0.2) is 45.5 Å². The number of hydrogen-bond donors (Lipinski definition) is 3. The van der Waals surface area contributed by atoms with Gasteiger partial charge >= 0.3 is 24.7 Å². The van der Waals surface area contributed by atoms with Crippen LogP contribution in [0.3, 0.4) is 0 Å². The number of phenolic OH excluding ortho intramolecular Hbond substituents is 1. The van der Waals surface area contributed by atoms with Crippen LogP contribution in [0.15, 0.2) is 60.7 Å². The molecule has 4 nitrogen and oxygen atoms in total. The van der Waals surface area contributed by atoms with E-state index < -0.39 is 134 Å². The Bertz CT molecular complexity index is 2290. The molecule has 3 N–H and O–H groups in total. The third kappa shape index (κ3) is 14.2. The summed E-state index contributed by atoms with van der Waals surface area (Å²) in [7, 11) is 0. The number of ether oxygens (including phenoxy) is 1.